The summed E-state index contributed by atoms with van der Waals surface area (Å²) in [5, 5.41) is 12.6. The second-order valence-electron chi connectivity index (χ2n) is 5.07. The Kier molecular flexibility index (Phi) is 4.54. The molecule has 1 saturated carbocycles. The van der Waals surface area contributed by atoms with Crippen LogP contribution in [0.1, 0.15) is 41.7 Å². The number of aromatic nitrogens is 1. The molecule has 100 valence electrons. The Morgan fingerprint density at radius 3 is 2.74 bits per heavy atom. The Labute approximate surface area is 121 Å². The highest BCUT2D eigenvalue weighted by atomic mass is 79.9. The number of hydrogen-bond donors (Lipinski definition) is 1. The quantitative estimate of drug-likeness (QED) is 0.867. The summed E-state index contributed by atoms with van der Waals surface area (Å²) in [5.74, 6) is -0.170. The first kappa shape index (κ1) is 14.0. The van der Waals surface area contributed by atoms with Crippen molar-refractivity contribution < 1.29 is 4.79 Å². The number of amides is 1. The van der Waals surface area contributed by atoms with Crippen LogP contribution < -0.4 is 5.32 Å². The molecule has 1 fully saturated rings. The zero-order valence-corrected chi connectivity index (χ0v) is 12.2. The highest BCUT2D eigenvalue weighted by Crippen LogP contribution is 2.38. The molecule has 0 saturated heterocycles. The van der Waals surface area contributed by atoms with Crippen molar-refractivity contribution in [2.45, 2.75) is 25.7 Å². The van der Waals surface area contributed by atoms with Crippen molar-refractivity contribution >= 4 is 21.8 Å². The topological polar surface area (TPSA) is 65.8 Å². The molecule has 5 heteroatoms. The van der Waals surface area contributed by atoms with Crippen molar-refractivity contribution in [2.75, 3.05) is 11.9 Å². The van der Waals surface area contributed by atoms with E-state index in [-0.39, 0.29) is 11.3 Å². The molecule has 1 aromatic rings. The minimum atomic E-state index is -0.170. The van der Waals surface area contributed by atoms with Gasteiger partial charge in [-0.1, -0.05) is 28.8 Å². The van der Waals surface area contributed by atoms with Crippen molar-refractivity contribution in [1.29, 1.82) is 5.26 Å². The van der Waals surface area contributed by atoms with Crippen molar-refractivity contribution in [3.05, 3.63) is 29.6 Å². The zero-order chi connectivity index (χ0) is 13.7. The molecule has 1 amide bonds. The highest BCUT2D eigenvalue weighted by Gasteiger charge is 2.33. The first-order chi connectivity index (χ1) is 9.19. The van der Waals surface area contributed by atoms with E-state index in [1.165, 1.54) is 19.0 Å². The minimum absolute atomic E-state index is 0.170. The molecular weight excluding hydrogens is 306 g/mol. The monoisotopic (exact) mass is 321 g/mol. The van der Waals surface area contributed by atoms with Crippen molar-refractivity contribution in [3.8, 4) is 6.07 Å². The molecule has 0 bridgehead atoms. The number of hydrogen-bond acceptors (Lipinski definition) is 3. The molecule has 1 N–H and O–H groups in total. The molecule has 19 heavy (non-hydrogen) atoms. The molecule has 1 aliphatic rings. The fourth-order valence-corrected chi connectivity index (χ4v) is 3.19. The first-order valence-electron chi connectivity index (χ1n) is 6.39. The van der Waals surface area contributed by atoms with Crippen LogP contribution in [0.2, 0.25) is 0 Å². The van der Waals surface area contributed by atoms with Crippen LogP contribution in [0.3, 0.4) is 0 Å². The van der Waals surface area contributed by atoms with Gasteiger partial charge in [-0.25, -0.2) is 4.98 Å². The van der Waals surface area contributed by atoms with Crippen LogP contribution in [0.4, 0.5) is 0 Å². The Bertz CT molecular complexity index is 486. The summed E-state index contributed by atoms with van der Waals surface area (Å²) >= 11 is 3.56. The van der Waals surface area contributed by atoms with Crippen LogP contribution in [-0.4, -0.2) is 22.8 Å². The number of alkyl halides is 1. The number of nitriles is 1. The fourth-order valence-electron chi connectivity index (χ4n) is 2.44. The molecule has 1 aromatic heterocycles. The van der Waals surface area contributed by atoms with Crippen LogP contribution in [0, 0.1) is 16.7 Å². The number of carbonyl (C=O) groups is 1. The van der Waals surface area contributed by atoms with Crippen LogP contribution in [-0.2, 0) is 0 Å². The number of halogens is 1. The fraction of sp³-hybridized carbons (Fsp3) is 0.500. The molecule has 1 aliphatic carbocycles. The lowest BCUT2D eigenvalue weighted by Crippen LogP contribution is -2.37. The van der Waals surface area contributed by atoms with Gasteiger partial charge in [0, 0.05) is 18.1 Å². The van der Waals surface area contributed by atoms with Crippen molar-refractivity contribution in [1.82, 2.24) is 10.3 Å². The van der Waals surface area contributed by atoms with Crippen molar-refractivity contribution in [3.63, 3.8) is 0 Å². The summed E-state index contributed by atoms with van der Waals surface area (Å²) in [6, 6.07) is 5.18. The Morgan fingerprint density at radius 1 is 1.47 bits per heavy atom. The second-order valence-corrected chi connectivity index (χ2v) is 5.63. The van der Waals surface area contributed by atoms with E-state index >= 15 is 0 Å². The van der Waals surface area contributed by atoms with Crippen LogP contribution in [0.15, 0.2) is 18.3 Å². The van der Waals surface area contributed by atoms with Crippen LogP contribution in [0.5, 0.6) is 0 Å². The maximum absolute atomic E-state index is 12.0. The average Bonchev–Trinajstić information content (AvgIpc) is 2.94. The maximum Gasteiger partial charge on any atom is 0.269 e. The second kappa shape index (κ2) is 6.16. The molecule has 2 rings (SSSR count). The van der Waals surface area contributed by atoms with E-state index in [0.717, 1.165) is 18.2 Å². The zero-order valence-electron chi connectivity index (χ0n) is 10.7. The normalized spacial score (nSPS) is 16.8. The van der Waals surface area contributed by atoms with Gasteiger partial charge in [-0.2, -0.15) is 5.26 Å². The minimum Gasteiger partial charge on any atom is -0.350 e. The van der Waals surface area contributed by atoms with Gasteiger partial charge in [-0.15, -0.1) is 0 Å². The van der Waals surface area contributed by atoms with Crippen LogP contribution >= 0.6 is 15.9 Å². The largest absolute Gasteiger partial charge is 0.350 e. The number of pyridine rings is 1. The van der Waals surface area contributed by atoms with E-state index < -0.39 is 0 Å². The molecule has 0 aliphatic heterocycles. The van der Waals surface area contributed by atoms with E-state index in [2.05, 4.69) is 26.2 Å². The Hall–Kier alpha value is -1.41. The van der Waals surface area contributed by atoms with Gasteiger partial charge in [0.1, 0.15) is 11.8 Å². The van der Waals surface area contributed by atoms with E-state index in [4.69, 9.17) is 5.26 Å². The van der Waals surface area contributed by atoms with Gasteiger partial charge >= 0.3 is 0 Å². The van der Waals surface area contributed by atoms with Crippen molar-refractivity contribution in [2.24, 2.45) is 5.41 Å². The molecule has 0 radical (unpaired) electrons. The molecule has 0 atom stereocenters. The molecule has 4 nitrogen and oxygen atoms in total. The summed E-state index contributed by atoms with van der Waals surface area (Å²) in [4.78, 5) is 16.0. The molecule has 0 spiro atoms. The van der Waals surface area contributed by atoms with E-state index in [1.807, 2.05) is 6.07 Å². The number of carbonyl (C=O) groups excluding carboxylic acids is 1. The number of rotatable bonds is 4. The lowest BCUT2D eigenvalue weighted by atomic mass is 9.89. The van der Waals surface area contributed by atoms with E-state index in [9.17, 15) is 4.79 Å². The number of nitrogens with zero attached hydrogens (tertiary/aromatic N) is 2. The molecular formula is C14H16BrN3O. The van der Waals surface area contributed by atoms with Crippen LogP contribution in [0.25, 0.3) is 0 Å². The Balaban J connectivity index is 1.95. The third kappa shape index (κ3) is 3.32. The van der Waals surface area contributed by atoms with Gasteiger partial charge in [0.25, 0.3) is 5.91 Å². The smallest absolute Gasteiger partial charge is 0.269 e. The standard InChI is InChI=1S/C14H16BrN3O/c15-9-14(5-1-2-6-14)10-18-13(19)12-4-3-11(7-16)8-17-12/h3-4,8H,1-2,5-6,9-10H2,(H,18,19). The van der Waals surface area contributed by atoms with E-state index in [1.54, 1.807) is 12.1 Å². The highest BCUT2D eigenvalue weighted by molar-refractivity contribution is 9.09. The first-order valence-corrected chi connectivity index (χ1v) is 7.52. The van der Waals surface area contributed by atoms with Gasteiger partial charge < -0.3 is 5.32 Å². The summed E-state index contributed by atoms with van der Waals surface area (Å²) < 4.78 is 0. The predicted octanol–water partition coefficient (Wildman–Crippen LogP) is 2.64. The molecule has 1 heterocycles. The van der Waals surface area contributed by atoms with Gasteiger partial charge in [0.05, 0.1) is 5.56 Å². The predicted molar refractivity (Wildman–Crippen MR) is 76.0 cm³/mol. The summed E-state index contributed by atoms with van der Waals surface area (Å²) in [5.41, 5.74) is 1.02. The van der Waals surface area contributed by atoms with Gasteiger partial charge in [-0.3, -0.25) is 4.79 Å². The lowest BCUT2D eigenvalue weighted by molar-refractivity contribution is 0.0930. The summed E-state index contributed by atoms with van der Waals surface area (Å²) in [7, 11) is 0. The molecule has 0 unspecified atom stereocenters. The van der Waals surface area contributed by atoms with Gasteiger partial charge in [0.2, 0.25) is 0 Å². The van der Waals surface area contributed by atoms with Gasteiger partial charge in [-0.05, 0) is 30.4 Å². The maximum atomic E-state index is 12.0. The van der Waals surface area contributed by atoms with Gasteiger partial charge in [0.15, 0.2) is 0 Å². The summed E-state index contributed by atoms with van der Waals surface area (Å²) in [6.45, 7) is 0.679. The summed E-state index contributed by atoms with van der Waals surface area (Å²) in [6.07, 6.45) is 6.19. The third-order valence-corrected chi connectivity index (χ3v) is 4.89. The Morgan fingerprint density at radius 2 is 2.21 bits per heavy atom. The SMILES string of the molecule is N#Cc1ccc(C(=O)NCC2(CBr)CCCC2)nc1. The third-order valence-electron chi connectivity index (χ3n) is 3.70. The molecule has 0 aromatic carbocycles. The number of nitrogens with one attached hydrogen (secondary N) is 1. The lowest BCUT2D eigenvalue weighted by Gasteiger charge is -2.26. The van der Waals surface area contributed by atoms with E-state index in [0.29, 0.717) is 17.8 Å². The average molecular weight is 322 g/mol.